The van der Waals surface area contributed by atoms with Gasteiger partial charge in [-0.1, -0.05) is 17.4 Å². The minimum absolute atomic E-state index is 0.00261. The molecule has 0 saturated carbocycles. The molecule has 0 bridgehead atoms. The minimum Gasteiger partial charge on any atom is -0.264 e. The average Bonchev–Trinajstić information content (AvgIpc) is 2.90. The van der Waals surface area contributed by atoms with Crippen LogP contribution in [0.15, 0.2) is 47.6 Å². The fraction of sp³-hybridized carbons (Fsp3) is 0.125. The number of nitrogens with one attached hydrogen (secondary N) is 1. The molecule has 3 aromatic rings. The molecule has 0 aliphatic carbocycles. The van der Waals surface area contributed by atoms with Crippen molar-refractivity contribution in [2.24, 2.45) is 0 Å². The third kappa shape index (κ3) is 3.29. The third-order valence-electron chi connectivity index (χ3n) is 3.38. The molecular weight excluding hydrogens is 349 g/mol. The smallest absolute Gasteiger partial charge is 0.263 e. The number of hydrogen-bond donors (Lipinski definition) is 1. The van der Waals surface area contributed by atoms with Gasteiger partial charge in [0.15, 0.2) is 5.13 Å². The van der Waals surface area contributed by atoms with Gasteiger partial charge in [-0.25, -0.2) is 17.8 Å². The molecule has 1 N–H and O–H groups in total. The largest absolute Gasteiger partial charge is 0.264 e. The van der Waals surface area contributed by atoms with Crippen LogP contribution >= 0.6 is 11.3 Å². The number of thiazole rings is 1. The Kier molecular flexibility index (Phi) is 4.33. The van der Waals surface area contributed by atoms with E-state index in [1.54, 1.807) is 25.4 Å². The number of halogens is 1. The van der Waals surface area contributed by atoms with E-state index in [9.17, 15) is 12.8 Å². The van der Waals surface area contributed by atoms with E-state index in [1.165, 1.54) is 30.4 Å². The number of rotatable bonds is 4. The highest BCUT2D eigenvalue weighted by Gasteiger charge is 2.19. The van der Waals surface area contributed by atoms with Gasteiger partial charge in [0, 0.05) is 18.0 Å². The summed E-state index contributed by atoms with van der Waals surface area (Å²) in [5.74, 6) is -0.446. The van der Waals surface area contributed by atoms with Crippen LogP contribution < -0.4 is 4.72 Å². The lowest BCUT2D eigenvalue weighted by Gasteiger charge is -2.06. The molecular formula is C16H14FN3O2S2. The van der Waals surface area contributed by atoms with Gasteiger partial charge in [0.25, 0.3) is 10.0 Å². The fourth-order valence-electron chi connectivity index (χ4n) is 2.16. The molecule has 1 aromatic carbocycles. The molecule has 124 valence electrons. The van der Waals surface area contributed by atoms with Crippen molar-refractivity contribution >= 4 is 26.5 Å². The van der Waals surface area contributed by atoms with E-state index >= 15 is 0 Å². The number of hydrogen-bond acceptors (Lipinski definition) is 5. The second-order valence-corrected chi connectivity index (χ2v) is 7.87. The SMILES string of the molecule is Cc1cc(S(=O)(=O)Nc2nc(C)c(-c3cccnc3)s2)ccc1F. The van der Waals surface area contributed by atoms with Crippen molar-refractivity contribution in [3.05, 3.63) is 59.8 Å². The number of aryl methyl sites for hydroxylation is 2. The maximum absolute atomic E-state index is 13.3. The second-order valence-electron chi connectivity index (χ2n) is 5.19. The molecule has 0 spiro atoms. The number of sulfonamides is 1. The topological polar surface area (TPSA) is 72.0 Å². The first-order valence-electron chi connectivity index (χ1n) is 7.03. The molecule has 0 fully saturated rings. The van der Waals surface area contributed by atoms with Crippen LogP contribution in [0, 0.1) is 19.7 Å². The normalized spacial score (nSPS) is 11.5. The summed E-state index contributed by atoms with van der Waals surface area (Å²) < 4.78 is 40.7. The van der Waals surface area contributed by atoms with Gasteiger partial charge in [-0.05, 0) is 43.7 Å². The van der Waals surface area contributed by atoms with E-state index in [0.717, 1.165) is 16.5 Å². The zero-order valence-electron chi connectivity index (χ0n) is 12.9. The Hall–Kier alpha value is -2.32. The van der Waals surface area contributed by atoms with Crippen molar-refractivity contribution in [3.63, 3.8) is 0 Å². The van der Waals surface area contributed by atoms with Gasteiger partial charge in [0.1, 0.15) is 5.82 Å². The van der Waals surface area contributed by atoms with Crippen molar-refractivity contribution in [3.8, 4) is 10.4 Å². The minimum atomic E-state index is -3.82. The van der Waals surface area contributed by atoms with E-state index < -0.39 is 15.8 Å². The van der Waals surface area contributed by atoms with Crippen LogP contribution in [0.3, 0.4) is 0 Å². The molecule has 2 aromatic heterocycles. The van der Waals surface area contributed by atoms with E-state index in [4.69, 9.17) is 0 Å². The molecule has 2 heterocycles. The second kappa shape index (κ2) is 6.29. The van der Waals surface area contributed by atoms with Crippen LogP contribution in [0.1, 0.15) is 11.3 Å². The maximum Gasteiger partial charge on any atom is 0.263 e. The summed E-state index contributed by atoms with van der Waals surface area (Å²) in [5, 5.41) is 0.258. The van der Waals surface area contributed by atoms with Crippen molar-refractivity contribution in [1.82, 2.24) is 9.97 Å². The predicted octanol–water partition coefficient (Wildman–Crippen LogP) is 3.76. The van der Waals surface area contributed by atoms with Crippen molar-refractivity contribution in [2.45, 2.75) is 18.7 Å². The molecule has 0 aliphatic heterocycles. The van der Waals surface area contributed by atoms with E-state index in [-0.39, 0.29) is 15.6 Å². The monoisotopic (exact) mass is 363 g/mol. The molecule has 0 atom stereocenters. The summed E-state index contributed by atoms with van der Waals surface area (Å²) in [6, 6.07) is 7.35. The van der Waals surface area contributed by atoms with Gasteiger partial charge in [-0.3, -0.25) is 9.71 Å². The van der Waals surface area contributed by atoms with E-state index in [0.29, 0.717) is 5.69 Å². The predicted molar refractivity (Wildman–Crippen MR) is 92.0 cm³/mol. The van der Waals surface area contributed by atoms with Crippen LogP contribution in [-0.4, -0.2) is 18.4 Å². The quantitative estimate of drug-likeness (QED) is 0.766. The number of nitrogens with zero attached hydrogens (tertiary/aromatic N) is 2. The highest BCUT2D eigenvalue weighted by atomic mass is 32.2. The standard InChI is InChI=1S/C16H14FN3O2S2/c1-10-8-13(5-6-14(10)17)24(21,22)20-16-19-11(2)15(23-16)12-4-3-7-18-9-12/h3-9H,1-2H3,(H,19,20). The molecule has 8 heteroatoms. The number of aromatic nitrogens is 2. The van der Waals surface area contributed by atoms with E-state index in [1.807, 2.05) is 6.07 Å². The summed E-state index contributed by atoms with van der Waals surface area (Å²) in [7, 11) is -3.82. The first-order chi connectivity index (χ1) is 11.4. The summed E-state index contributed by atoms with van der Waals surface area (Å²) >= 11 is 1.23. The van der Waals surface area contributed by atoms with Gasteiger partial charge >= 0.3 is 0 Å². The number of pyridine rings is 1. The Morgan fingerprint density at radius 2 is 2.00 bits per heavy atom. The molecule has 24 heavy (non-hydrogen) atoms. The zero-order chi connectivity index (χ0) is 17.3. The van der Waals surface area contributed by atoms with Gasteiger partial charge in [-0.15, -0.1) is 0 Å². The number of benzene rings is 1. The van der Waals surface area contributed by atoms with Gasteiger partial charge < -0.3 is 0 Å². The maximum atomic E-state index is 13.3. The van der Waals surface area contributed by atoms with Crippen LogP contribution in [0.25, 0.3) is 10.4 Å². The Morgan fingerprint density at radius 3 is 2.67 bits per heavy atom. The summed E-state index contributed by atoms with van der Waals surface area (Å²) in [5.41, 5.74) is 1.85. The summed E-state index contributed by atoms with van der Waals surface area (Å²) in [4.78, 5) is 9.16. The van der Waals surface area contributed by atoms with Gasteiger partial charge in [0.2, 0.25) is 0 Å². The molecule has 0 saturated heterocycles. The summed E-state index contributed by atoms with van der Waals surface area (Å²) in [6.45, 7) is 3.32. The van der Waals surface area contributed by atoms with Gasteiger partial charge in [-0.2, -0.15) is 0 Å². The molecule has 0 amide bonds. The van der Waals surface area contributed by atoms with E-state index in [2.05, 4.69) is 14.7 Å². The highest BCUT2D eigenvalue weighted by molar-refractivity contribution is 7.93. The Morgan fingerprint density at radius 1 is 1.21 bits per heavy atom. The molecule has 0 unspecified atom stereocenters. The van der Waals surface area contributed by atoms with Crippen LogP contribution in [0.4, 0.5) is 9.52 Å². The fourth-order valence-corrected chi connectivity index (χ4v) is 4.44. The lowest BCUT2D eigenvalue weighted by Crippen LogP contribution is -2.13. The average molecular weight is 363 g/mol. The van der Waals surface area contributed by atoms with Crippen molar-refractivity contribution in [1.29, 1.82) is 0 Å². The van der Waals surface area contributed by atoms with Crippen LogP contribution in [-0.2, 0) is 10.0 Å². The lowest BCUT2D eigenvalue weighted by molar-refractivity contribution is 0.598. The zero-order valence-corrected chi connectivity index (χ0v) is 14.6. The molecule has 5 nitrogen and oxygen atoms in total. The van der Waals surface area contributed by atoms with Crippen LogP contribution in [0.2, 0.25) is 0 Å². The Balaban J connectivity index is 1.92. The molecule has 0 aliphatic rings. The van der Waals surface area contributed by atoms with Crippen LogP contribution in [0.5, 0.6) is 0 Å². The third-order valence-corrected chi connectivity index (χ3v) is 5.97. The molecule has 3 rings (SSSR count). The first-order valence-corrected chi connectivity index (χ1v) is 9.33. The van der Waals surface area contributed by atoms with Crippen molar-refractivity contribution < 1.29 is 12.8 Å². The Labute approximate surface area is 143 Å². The molecule has 0 radical (unpaired) electrons. The summed E-state index contributed by atoms with van der Waals surface area (Å²) in [6.07, 6.45) is 3.36. The lowest BCUT2D eigenvalue weighted by atomic mass is 10.2. The Bertz CT molecular complexity index is 986. The number of anilines is 1. The highest BCUT2D eigenvalue weighted by Crippen LogP contribution is 2.33. The van der Waals surface area contributed by atoms with Crippen molar-refractivity contribution in [2.75, 3.05) is 4.72 Å². The van der Waals surface area contributed by atoms with Gasteiger partial charge in [0.05, 0.1) is 15.5 Å². The first kappa shape index (κ1) is 16.5.